The summed E-state index contributed by atoms with van der Waals surface area (Å²) in [6, 6.07) is 18.5. The largest absolute Gasteiger partial charge is 0.390 e. The molecule has 1 aromatic heterocycles. The molecular formula is C28H33ClN4O3S. The van der Waals surface area contributed by atoms with Gasteiger partial charge in [0.1, 0.15) is 0 Å². The van der Waals surface area contributed by atoms with Crippen molar-refractivity contribution in [1.82, 2.24) is 10.6 Å². The highest BCUT2D eigenvalue weighted by molar-refractivity contribution is 7.16. The first-order chi connectivity index (χ1) is 17.9. The topological polar surface area (TPSA) is 93.7 Å². The summed E-state index contributed by atoms with van der Waals surface area (Å²) in [6.45, 7) is 4.20. The molecule has 4 N–H and O–H groups in total. The summed E-state index contributed by atoms with van der Waals surface area (Å²) in [5.41, 5.74) is 2.95. The summed E-state index contributed by atoms with van der Waals surface area (Å²) < 4.78 is 0.723. The Morgan fingerprint density at radius 1 is 1.16 bits per heavy atom. The molecule has 0 unspecified atom stereocenters. The average Bonchev–Trinajstić information content (AvgIpc) is 3.51. The Balaban J connectivity index is 1.50. The van der Waals surface area contributed by atoms with E-state index < -0.39 is 12.1 Å². The van der Waals surface area contributed by atoms with Crippen LogP contribution in [-0.4, -0.2) is 48.7 Å². The van der Waals surface area contributed by atoms with Crippen molar-refractivity contribution in [2.45, 2.75) is 44.9 Å². The zero-order valence-electron chi connectivity index (χ0n) is 20.9. The monoisotopic (exact) mass is 540 g/mol. The van der Waals surface area contributed by atoms with Gasteiger partial charge in [0.15, 0.2) is 0 Å². The zero-order chi connectivity index (χ0) is 26.2. The number of nitrogens with zero attached hydrogens (tertiary/aromatic N) is 1. The zero-order valence-corrected chi connectivity index (χ0v) is 22.4. The lowest BCUT2D eigenvalue weighted by Gasteiger charge is -2.25. The number of rotatable bonds is 12. The highest BCUT2D eigenvalue weighted by atomic mass is 35.5. The Morgan fingerprint density at radius 3 is 2.65 bits per heavy atom. The standard InChI is InChI=1S/C28H33ClN4O3S/c1-2-31-21-14-20(15-22(16-21)33-12-6-9-27(33)35)28(36)32-24(13-19-7-4-3-5-8-19)25(34)18-30-17-23-10-11-26(29)37-23/h3-5,7-8,10-11,14-16,24-25,30-31,34H,2,6,9,12-13,17-18H2,1H3,(H,32,36)/t24-,25-/m0/s1. The number of aliphatic hydroxyl groups excluding tert-OH is 1. The number of amides is 2. The van der Waals surface area contributed by atoms with E-state index in [0.29, 0.717) is 50.3 Å². The molecule has 0 bridgehead atoms. The minimum Gasteiger partial charge on any atom is -0.390 e. The molecule has 0 aliphatic carbocycles. The molecule has 9 heteroatoms. The van der Waals surface area contributed by atoms with E-state index in [0.717, 1.165) is 26.9 Å². The van der Waals surface area contributed by atoms with Gasteiger partial charge < -0.3 is 26.0 Å². The van der Waals surface area contributed by atoms with Crippen molar-refractivity contribution >= 4 is 46.1 Å². The smallest absolute Gasteiger partial charge is 0.251 e. The van der Waals surface area contributed by atoms with Gasteiger partial charge in [0, 0.05) is 54.4 Å². The second kappa shape index (κ2) is 13.1. The van der Waals surface area contributed by atoms with Gasteiger partial charge in [-0.25, -0.2) is 0 Å². The fourth-order valence-electron chi connectivity index (χ4n) is 4.46. The van der Waals surface area contributed by atoms with Crippen molar-refractivity contribution < 1.29 is 14.7 Å². The van der Waals surface area contributed by atoms with Crippen LogP contribution in [0.15, 0.2) is 60.7 Å². The molecular weight excluding hydrogens is 508 g/mol. The summed E-state index contributed by atoms with van der Waals surface area (Å²) in [7, 11) is 0. The second-order valence-electron chi connectivity index (χ2n) is 9.12. The quantitative estimate of drug-likeness (QED) is 0.272. The van der Waals surface area contributed by atoms with Gasteiger partial charge in [-0.15, -0.1) is 11.3 Å². The van der Waals surface area contributed by atoms with Crippen LogP contribution in [0.1, 0.15) is 40.6 Å². The molecule has 2 heterocycles. The van der Waals surface area contributed by atoms with Crippen molar-refractivity contribution in [1.29, 1.82) is 0 Å². The Labute approximate surface area is 226 Å². The van der Waals surface area contributed by atoms with E-state index in [1.165, 1.54) is 11.3 Å². The van der Waals surface area contributed by atoms with Gasteiger partial charge >= 0.3 is 0 Å². The van der Waals surface area contributed by atoms with Crippen LogP contribution in [0, 0.1) is 0 Å². The molecule has 0 spiro atoms. The molecule has 0 radical (unpaired) electrons. The molecule has 2 aromatic carbocycles. The molecule has 1 aliphatic heterocycles. The molecule has 1 fully saturated rings. The van der Waals surface area contributed by atoms with E-state index in [1.807, 2.05) is 55.5 Å². The van der Waals surface area contributed by atoms with Gasteiger partial charge in [-0.2, -0.15) is 0 Å². The average molecular weight is 541 g/mol. The van der Waals surface area contributed by atoms with Crippen LogP contribution in [-0.2, 0) is 17.8 Å². The van der Waals surface area contributed by atoms with E-state index in [9.17, 15) is 14.7 Å². The molecule has 196 valence electrons. The fourth-order valence-corrected chi connectivity index (χ4v) is 5.52. The lowest BCUT2D eigenvalue weighted by atomic mass is 10.00. The summed E-state index contributed by atoms with van der Waals surface area (Å²) in [5.74, 6) is -0.229. The van der Waals surface area contributed by atoms with Gasteiger partial charge in [0.2, 0.25) is 5.91 Å². The van der Waals surface area contributed by atoms with Crippen LogP contribution in [0.5, 0.6) is 0 Å². The number of thiophene rings is 1. The Morgan fingerprint density at radius 2 is 1.97 bits per heavy atom. The van der Waals surface area contributed by atoms with Crippen LogP contribution in [0.4, 0.5) is 11.4 Å². The third-order valence-corrected chi connectivity index (χ3v) is 7.54. The first kappa shape index (κ1) is 27.1. The molecule has 37 heavy (non-hydrogen) atoms. The van der Waals surface area contributed by atoms with Crippen molar-refractivity contribution in [2.24, 2.45) is 0 Å². The van der Waals surface area contributed by atoms with Gasteiger partial charge in [-0.05, 0) is 55.7 Å². The fraction of sp³-hybridized carbons (Fsp3) is 0.357. The molecule has 7 nitrogen and oxygen atoms in total. The van der Waals surface area contributed by atoms with Gasteiger partial charge in [-0.1, -0.05) is 41.9 Å². The van der Waals surface area contributed by atoms with Crippen LogP contribution in [0.2, 0.25) is 4.34 Å². The maximum Gasteiger partial charge on any atom is 0.251 e. The highest BCUT2D eigenvalue weighted by Crippen LogP contribution is 2.27. The summed E-state index contributed by atoms with van der Waals surface area (Å²) in [5, 5.41) is 20.7. The van der Waals surface area contributed by atoms with Crippen molar-refractivity contribution in [2.75, 3.05) is 29.9 Å². The molecule has 1 aliphatic rings. The molecule has 2 atom stereocenters. The van der Waals surface area contributed by atoms with Crippen LogP contribution < -0.4 is 20.9 Å². The SMILES string of the molecule is CCNc1cc(C(=O)N[C@@H](Cc2ccccc2)[C@@H](O)CNCc2ccc(Cl)s2)cc(N2CCCC2=O)c1. The predicted octanol–water partition coefficient (Wildman–Crippen LogP) is 4.45. The number of nitrogens with one attached hydrogen (secondary N) is 3. The third-order valence-electron chi connectivity index (χ3n) is 6.31. The number of hydrogen-bond acceptors (Lipinski definition) is 6. The number of anilines is 2. The van der Waals surface area contributed by atoms with Crippen molar-refractivity contribution in [3.8, 4) is 0 Å². The molecule has 1 saturated heterocycles. The summed E-state index contributed by atoms with van der Waals surface area (Å²) >= 11 is 7.51. The van der Waals surface area contributed by atoms with Gasteiger partial charge in [-0.3, -0.25) is 9.59 Å². The summed E-state index contributed by atoms with van der Waals surface area (Å²) in [6.07, 6.45) is 0.978. The number of carbonyl (C=O) groups excluding carboxylic acids is 2. The predicted molar refractivity (Wildman–Crippen MR) is 151 cm³/mol. The van der Waals surface area contributed by atoms with Crippen LogP contribution >= 0.6 is 22.9 Å². The summed E-state index contributed by atoms with van der Waals surface area (Å²) in [4.78, 5) is 28.6. The number of aliphatic hydroxyl groups is 1. The van der Waals surface area contributed by atoms with Gasteiger partial charge in [0.25, 0.3) is 5.91 Å². The van der Waals surface area contributed by atoms with E-state index in [2.05, 4.69) is 16.0 Å². The van der Waals surface area contributed by atoms with Gasteiger partial charge in [0.05, 0.1) is 16.5 Å². The minimum absolute atomic E-state index is 0.0653. The number of halogens is 1. The van der Waals surface area contributed by atoms with Crippen LogP contribution in [0.3, 0.4) is 0 Å². The lowest BCUT2D eigenvalue weighted by molar-refractivity contribution is -0.117. The number of hydrogen-bond donors (Lipinski definition) is 4. The minimum atomic E-state index is -0.823. The maximum absolute atomic E-state index is 13.5. The van der Waals surface area contributed by atoms with E-state index >= 15 is 0 Å². The van der Waals surface area contributed by atoms with E-state index in [1.54, 1.807) is 17.0 Å². The van der Waals surface area contributed by atoms with E-state index in [-0.39, 0.29) is 11.8 Å². The number of benzene rings is 2. The third kappa shape index (κ3) is 7.55. The highest BCUT2D eigenvalue weighted by Gasteiger charge is 2.25. The lowest BCUT2D eigenvalue weighted by Crippen LogP contribution is -2.48. The van der Waals surface area contributed by atoms with Crippen molar-refractivity contribution in [3.05, 3.63) is 81.0 Å². The van der Waals surface area contributed by atoms with Crippen molar-refractivity contribution in [3.63, 3.8) is 0 Å². The normalized spacial score (nSPS) is 15.0. The first-order valence-electron chi connectivity index (χ1n) is 12.6. The Kier molecular flexibility index (Phi) is 9.57. The maximum atomic E-state index is 13.5. The second-order valence-corrected chi connectivity index (χ2v) is 10.9. The molecule has 3 aromatic rings. The molecule has 2 amide bonds. The number of carbonyl (C=O) groups is 2. The Bertz CT molecular complexity index is 1200. The molecule has 4 rings (SSSR count). The molecule has 0 saturated carbocycles. The van der Waals surface area contributed by atoms with E-state index in [4.69, 9.17) is 11.6 Å². The van der Waals surface area contributed by atoms with Crippen LogP contribution in [0.25, 0.3) is 0 Å². The first-order valence-corrected chi connectivity index (χ1v) is 13.8. The Hall–Kier alpha value is -2.91.